The van der Waals surface area contributed by atoms with Crippen molar-refractivity contribution >= 4 is 34.8 Å². The molecule has 2 heterocycles. The van der Waals surface area contributed by atoms with Crippen LogP contribution in [-0.4, -0.2) is 48.1 Å². The van der Waals surface area contributed by atoms with Crippen LogP contribution in [-0.2, 0) is 10.2 Å². The smallest absolute Gasteiger partial charge is 0.263 e. The first-order chi connectivity index (χ1) is 19.8. The minimum Gasteiger partial charge on any atom is -0.494 e. The van der Waals surface area contributed by atoms with Crippen molar-refractivity contribution in [2.45, 2.75) is 24.7 Å². The number of primary amides is 1. The second kappa shape index (κ2) is 12.4. The molecule has 1 aliphatic rings. The lowest BCUT2D eigenvalue weighted by Gasteiger charge is -2.40. The van der Waals surface area contributed by atoms with Gasteiger partial charge in [0.25, 0.3) is 5.91 Å². The fourth-order valence-electron chi connectivity index (χ4n) is 5.25. The van der Waals surface area contributed by atoms with Crippen molar-refractivity contribution in [3.63, 3.8) is 0 Å². The number of thiophene rings is 1. The number of aliphatic hydroxyl groups is 1. The van der Waals surface area contributed by atoms with Crippen molar-refractivity contribution in [2.24, 2.45) is 5.73 Å². The number of hydrogen-bond donors (Lipinski definition) is 2. The van der Waals surface area contributed by atoms with E-state index in [0.29, 0.717) is 55.1 Å². The van der Waals surface area contributed by atoms with Crippen molar-refractivity contribution < 1.29 is 23.8 Å². The van der Waals surface area contributed by atoms with Gasteiger partial charge in [-0.05, 0) is 60.4 Å². The lowest BCUT2D eigenvalue weighted by Crippen LogP contribution is -2.51. The summed E-state index contributed by atoms with van der Waals surface area (Å²) >= 11 is 7.77. The molecule has 6 nitrogen and oxygen atoms in total. The van der Waals surface area contributed by atoms with Crippen LogP contribution in [0.4, 0.5) is 4.39 Å². The van der Waals surface area contributed by atoms with Crippen LogP contribution in [0.5, 0.6) is 5.75 Å². The lowest BCUT2D eigenvalue weighted by atomic mass is 9.72. The number of carbonyl (C=O) groups excluding carboxylic acids is 2. The molecule has 0 saturated carbocycles. The van der Waals surface area contributed by atoms with E-state index in [0.717, 1.165) is 21.6 Å². The highest BCUT2D eigenvalue weighted by Gasteiger charge is 2.42. The summed E-state index contributed by atoms with van der Waals surface area (Å²) in [4.78, 5) is 29.4. The first kappa shape index (κ1) is 28.8. The maximum Gasteiger partial charge on any atom is 0.263 e. The highest BCUT2D eigenvalue weighted by molar-refractivity contribution is 7.18. The zero-order valence-electron chi connectivity index (χ0n) is 22.3. The number of halogens is 2. The Morgan fingerprint density at radius 1 is 1.00 bits per heavy atom. The molecule has 0 radical (unpaired) electrons. The molecule has 5 rings (SSSR count). The van der Waals surface area contributed by atoms with Crippen LogP contribution in [0.2, 0.25) is 5.02 Å². The maximum atomic E-state index is 13.9. The van der Waals surface area contributed by atoms with Crippen molar-refractivity contribution in [3.8, 4) is 27.3 Å². The first-order valence-electron chi connectivity index (χ1n) is 13.4. The van der Waals surface area contributed by atoms with Crippen LogP contribution in [0, 0.1) is 5.82 Å². The van der Waals surface area contributed by atoms with E-state index < -0.39 is 11.2 Å². The number of likely N-dealkylation sites (tertiary alicyclic amines) is 1. The Morgan fingerprint density at radius 2 is 1.71 bits per heavy atom. The van der Waals surface area contributed by atoms with Gasteiger partial charge in [-0.1, -0.05) is 54.1 Å². The van der Waals surface area contributed by atoms with E-state index in [1.807, 2.05) is 60.7 Å². The van der Waals surface area contributed by atoms with Gasteiger partial charge in [0.05, 0.1) is 21.9 Å². The van der Waals surface area contributed by atoms with Gasteiger partial charge in [-0.25, -0.2) is 4.39 Å². The summed E-state index contributed by atoms with van der Waals surface area (Å²) in [6.45, 7) is 1.23. The standard InChI is InChI=1S/C32H30ClFN2O4S/c33-27-19-23(34)9-12-25(27)29-26(21-7-10-24(11-8-21)40-18-4-17-37)20-28(41-29)30(38)36-15-13-32(14-16-36,31(35)39)22-5-2-1-3-6-22/h1-3,5-12,19-20,37H,4,13-18H2,(H2,35,39). The summed E-state index contributed by atoms with van der Waals surface area (Å²) in [5, 5.41) is 9.25. The minimum absolute atomic E-state index is 0.0539. The van der Waals surface area contributed by atoms with Gasteiger partial charge in [0.15, 0.2) is 0 Å². The Hall–Kier alpha value is -3.72. The van der Waals surface area contributed by atoms with Gasteiger partial charge in [0, 0.05) is 42.1 Å². The van der Waals surface area contributed by atoms with Gasteiger partial charge in [0.2, 0.25) is 5.91 Å². The Morgan fingerprint density at radius 3 is 2.34 bits per heavy atom. The molecule has 0 atom stereocenters. The summed E-state index contributed by atoms with van der Waals surface area (Å²) in [6, 6.07) is 23.0. The minimum atomic E-state index is -0.813. The van der Waals surface area contributed by atoms with Crippen molar-refractivity contribution in [2.75, 3.05) is 26.3 Å². The number of amides is 2. The van der Waals surface area contributed by atoms with Gasteiger partial charge in [0.1, 0.15) is 11.6 Å². The third-order valence-electron chi connectivity index (χ3n) is 7.56. The molecule has 3 aromatic carbocycles. The molecule has 0 aliphatic carbocycles. The van der Waals surface area contributed by atoms with Crippen LogP contribution < -0.4 is 10.5 Å². The zero-order chi connectivity index (χ0) is 29.0. The molecule has 41 heavy (non-hydrogen) atoms. The van der Waals surface area contributed by atoms with E-state index >= 15 is 0 Å². The van der Waals surface area contributed by atoms with E-state index in [-0.39, 0.29) is 23.4 Å². The Labute approximate surface area is 247 Å². The van der Waals surface area contributed by atoms with Crippen molar-refractivity contribution in [3.05, 3.63) is 100 Å². The van der Waals surface area contributed by atoms with Crippen LogP contribution in [0.25, 0.3) is 21.6 Å². The number of nitrogens with zero attached hydrogens (tertiary/aromatic N) is 1. The topological polar surface area (TPSA) is 92.9 Å². The number of benzene rings is 3. The molecule has 212 valence electrons. The number of carbonyl (C=O) groups is 2. The van der Waals surface area contributed by atoms with Crippen molar-refractivity contribution in [1.82, 2.24) is 4.90 Å². The number of aliphatic hydroxyl groups excluding tert-OH is 1. The van der Waals surface area contributed by atoms with Crippen LogP contribution in [0.15, 0.2) is 78.9 Å². The molecule has 1 aromatic heterocycles. The van der Waals surface area contributed by atoms with Crippen LogP contribution in [0.3, 0.4) is 0 Å². The second-order valence-corrected chi connectivity index (χ2v) is 11.5. The summed E-state index contributed by atoms with van der Waals surface area (Å²) in [7, 11) is 0. The van der Waals surface area contributed by atoms with Gasteiger partial charge in [-0.15, -0.1) is 11.3 Å². The summed E-state index contributed by atoms with van der Waals surface area (Å²) in [5.74, 6) is -0.302. The average molecular weight is 593 g/mol. The predicted octanol–water partition coefficient (Wildman–Crippen LogP) is 6.30. The van der Waals surface area contributed by atoms with Crippen molar-refractivity contribution in [1.29, 1.82) is 0 Å². The molecule has 2 amide bonds. The van der Waals surface area contributed by atoms with E-state index in [1.165, 1.54) is 23.5 Å². The third-order valence-corrected chi connectivity index (χ3v) is 9.03. The van der Waals surface area contributed by atoms with Gasteiger partial charge in [-0.2, -0.15) is 0 Å². The maximum absolute atomic E-state index is 13.9. The van der Waals surface area contributed by atoms with Gasteiger partial charge >= 0.3 is 0 Å². The monoisotopic (exact) mass is 592 g/mol. The van der Waals surface area contributed by atoms with E-state index in [4.69, 9.17) is 27.2 Å². The summed E-state index contributed by atoms with van der Waals surface area (Å²) in [5.41, 5.74) is 8.22. The molecule has 1 fully saturated rings. The average Bonchev–Trinajstić information content (AvgIpc) is 3.43. The molecular formula is C32H30ClFN2O4S. The summed E-state index contributed by atoms with van der Waals surface area (Å²) < 4.78 is 19.5. The fraction of sp³-hybridized carbons (Fsp3) is 0.250. The van der Waals surface area contributed by atoms with E-state index in [2.05, 4.69) is 0 Å². The SMILES string of the molecule is NC(=O)C1(c2ccccc2)CCN(C(=O)c2cc(-c3ccc(OCCCO)cc3)c(-c3ccc(F)cc3Cl)s2)CC1. The molecule has 9 heteroatoms. The van der Waals surface area contributed by atoms with E-state index in [9.17, 15) is 14.0 Å². The first-order valence-corrected chi connectivity index (χ1v) is 14.6. The summed E-state index contributed by atoms with van der Waals surface area (Å²) in [6.07, 6.45) is 1.41. The molecule has 0 bridgehead atoms. The molecule has 1 aliphatic heterocycles. The predicted molar refractivity (Wildman–Crippen MR) is 160 cm³/mol. The molecule has 1 saturated heterocycles. The molecule has 0 spiro atoms. The van der Waals surface area contributed by atoms with Crippen LogP contribution in [0.1, 0.15) is 34.5 Å². The quantitative estimate of drug-likeness (QED) is 0.223. The Bertz CT molecular complexity index is 1530. The van der Waals surface area contributed by atoms with Crippen LogP contribution >= 0.6 is 22.9 Å². The second-order valence-electron chi connectivity index (χ2n) is 10.0. The highest BCUT2D eigenvalue weighted by atomic mass is 35.5. The number of ether oxygens (including phenoxy) is 1. The molecule has 0 unspecified atom stereocenters. The van der Waals surface area contributed by atoms with Gasteiger partial charge < -0.3 is 20.5 Å². The van der Waals surface area contributed by atoms with E-state index in [1.54, 1.807) is 11.0 Å². The Balaban J connectivity index is 1.44. The number of rotatable bonds is 9. The zero-order valence-corrected chi connectivity index (χ0v) is 23.9. The van der Waals surface area contributed by atoms with Gasteiger partial charge in [-0.3, -0.25) is 9.59 Å². The number of nitrogens with two attached hydrogens (primary N) is 1. The fourth-order valence-corrected chi connectivity index (χ4v) is 6.76. The number of hydrogen-bond acceptors (Lipinski definition) is 5. The Kier molecular flexibility index (Phi) is 8.73. The lowest BCUT2D eigenvalue weighted by molar-refractivity contribution is -0.125. The highest BCUT2D eigenvalue weighted by Crippen LogP contribution is 2.44. The molecule has 4 aromatic rings. The normalized spacial score (nSPS) is 14.6. The molecule has 3 N–H and O–H groups in total. The number of piperidine rings is 1. The largest absolute Gasteiger partial charge is 0.494 e. The molecular weight excluding hydrogens is 563 g/mol. The third kappa shape index (κ3) is 6.00.